The molecule has 1 aromatic carbocycles. The number of rotatable bonds is 1. The topological polar surface area (TPSA) is 30.2 Å². The molecule has 3 rings (SSSR count). The highest BCUT2D eigenvalue weighted by atomic mass is 79.9. The van der Waals surface area contributed by atoms with Crippen LogP contribution in [-0.4, -0.2) is 14.4 Å². The van der Waals surface area contributed by atoms with Crippen LogP contribution in [0.25, 0.3) is 16.9 Å². The summed E-state index contributed by atoms with van der Waals surface area (Å²) >= 11 is 6.71. The van der Waals surface area contributed by atoms with Crippen LogP contribution in [0.1, 0.15) is 5.56 Å². The van der Waals surface area contributed by atoms with Gasteiger partial charge in [0, 0.05) is 18.0 Å². The van der Waals surface area contributed by atoms with Gasteiger partial charge in [0.1, 0.15) is 10.4 Å². The van der Waals surface area contributed by atoms with Crippen molar-refractivity contribution >= 4 is 37.5 Å². The Bertz CT molecular complexity index is 783. The molecule has 0 N–H and O–H groups in total. The minimum absolute atomic E-state index is 0.240. The Kier molecular flexibility index (Phi) is 3.14. The Labute approximate surface area is 125 Å². The molecule has 96 valence electrons. The number of aromatic nitrogens is 3. The number of halogens is 3. The molecular weight excluding hydrogens is 377 g/mol. The molecule has 0 radical (unpaired) electrons. The highest BCUT2D eigenvalue weighted by Gasteiger charge is 2.11. The fourth-order valence-corrected chi connectivity index (χ4v) is 3.10. The van der Waals surface area contributed by atoms with E-state index in [1.807, 2.05) is 23.7 Å². The van der Waals surface area contributed by atoms with Crippen molar-refractivity contribution in [2.75, 3.05) is 0 Å². The summed E-state index contributed by atoms with van der Waals surface area (Å²) in [4.78, 5) is 8.76. The minimum atomic E-state index is -0.240. The quantitative estimate of drug-likeness (QED) is 0.623. The lowest BCUT2D eigenvalue weighted by Crippen LogP contribution is -1.88. The molecule has 2 aromatic heterocycles. The maximum atomic E-state index is 13.1. The predicted octanol–water partition coefficient (Wildman–Crippen LogP) is 4.37. The number of nitrogens with zero attached hydrogens (tertiary/aromatic N) is 3. The van der Waals surface area contributed by atoms with Gasteiger partial charge in [-0.1, -0.05) is 0 Å². The molecule has 19 heavy (non-hydrogen) atoms. The fraction of sp³-hybridized carbons (Fsp3) is 0.0769. The van der Waals surface area contributed by atoms with Gasteiger partial charge in [-0.05, 0) is 62.5 Å². The zero-order valence-electron chi connectivity index (χ0n) is 9.86. The van der Waals surface area contributed by atoms with Gasteiger partial charge in [0.2, 0.25) is 0 Å². The van der Waals surface area contributed by atoms with Gasteiger partial charge in [-0.15, -0.1) is 0 Å². The molecule has 0 bridgehead atoms. The molecule has 0 aliphatic rings. The van der Waals surface area contributed by atoms with Crippen LogP contribution in [0.15, 0.2) is 39.8 Å². The van der Waals surface area contributed by atoms with E-state index < -0.39 is 0 Å². The van der Waals surface area contributed by atoms with Crippen molar-refractivity contribution in [3.63, 3.8) is 0 Å². The standard InChI is InChI=1S/C13H8Br2FN3/c1-7-4-8(16)2-3-9(7)10-5-19-6-11(14)18-12(15)13(19)17-10/h2-6H,1H3. The van der Waals surface area contributed by atoms with Gasteiger partial charge < -0.3 is 4.40 Å². The largest absolute Gasteiger partial charge is 0.301 e. The second-order valence-electron chi connectivity index (χ2n) is 4.17. The Balaban J connectivity index is 2.23. The summed E-state index contributed by atoms with van der Waals surface area (Å²) in [5.41, 5.74) is 3.28. The third kappa shape index (κ3) is 2.30. The average molecular weight is 385 g/mol. The summed E-state index contributed by atoms with van der Waals surface area (Å²) in [6.45, 7) is 1.87. The van der Waals surface area contributed by atoms with Crippen LogP contribution in [0.4, 0.5) is 4.39 Å². The number of imidazole rings is 1. The third-order valence-corrected chi connectivity index (χ3v) is 3.75. The van der Waals surface area contributed by atoms with Crippen molar-refractivity contribution in [2.45, 2.75) is 6.92 Å². The smallest absolute Gasteiger partial charge is 0.170 e. The summed E-state index contributed by atoms with van der Waals surface area (Å²) in [5.74, 6) is -0.240. The van der Waals surface area contributed by atoms with Crippen LogP contribution >= 0.6 is 31.9 Å². The van der Waals surface area contributed by atoms with Crippen LogP contribution in [0, 0.1) is 12.7 Å². The first-order valence-electron chi connectivity index (χ1n) is 5.52. The lowest BCUT2D eigenvalue weighted by atomic mass is 10.1. The monoisotopic (exact) mass is 383 g/mol. The van der Waals surface area contributed by atoms with Gasteiger partial charge >= 0.3 is 0 Å². The first-order chi connectivity index (χ1) is 9.04. The molecular formula is C13H8Br2FN3. The van der Waals surface area contributed by atoms with Gasteiger partial charge in [0.05, 0.1) is 5.69 Å². The molecule has 2 heterocycles. The van der Waals surface area contributed by atoms with Gasteiger partial charge in [0.15, 0.2) is 10.3 Å². The number of hydrogen-bond acceptors (Lipinski definition) is 2. The summed E-state index contributed by atoms with van der Waals surface area (Å²) in [5, 5.41) is 0. The Morgan fingerprint density at radius 1 is 1.16 bits per heavy atom. The molecule has 3 aromatic rings. The zero-order chi connectivity index (χ0) is 13.6. The highest BCUT2D eigenvalue weighted by molar-refractivity contribution is 9.11. The van der Waals surface area contributed by atoms with Crippen LogP contribution in [-0.2, 0) is 0 Å². The lowest BCUT2D eigenvalue weighted by Gasteiger charge is -2.01. The van der Waals surface area contributed by atoms with Gasteiger partial charge in [0.25, 0.3) is 0 Å². The molecule has 0 aliphatic heterocycles. The van der Waals surface area contributed by atoms with E-state index in [2.05, 4.69) is 41.8 Å². The van der Waals surface area contributed by atoms with E-state index in [-0.39, 0.29) is 5.82 Å². The zero-order valence-corrected chi connectivity index (χ0v) is 13.0. The average Bonchev–Trinajstić information content (AvgIpc) is 2.72. The van der Waals surface area contributed by atoms with E-state index in [4.69, 9.17) is 0 Å². The molecule has 0 saturated heterocycles. The number of fused-ring (bicyclic) bond motifs is 1. The number of aryl methyl sites for hydroxylation is 1. The maximum Gasteiger partial charge on any atom is 0.170 e. The van der Waals surface area contributed by atoms with E-state index in [9.17, 15) is 4.39 Å². The molecule has 0 saturated carbocycles. The Hall–Kier alpha value is -1.27. The molecule has 0 fully saturated rings. The van der Waals surface area contributed by atoms with Gasteiger partial charge in [-0.3, -0.25) is 0 Å². The van der Waals surface area contributed by atoms with Gasteiger partial charge in [-0.25, -0.2) is 14.4 Å². The van der Waals surface area contributed by atoms with Crippen molar-refractivity contribution in [2.24, 2.45) is 0 Å². The molecule has 0 atom stereocenters. The second-order valence-corrected chi connectivity index (χ2v) is 5.73. The van der Waals surface area contributed by atoms with E-state index in [1.54, 1.807) is 6.07 Å². The van der Waals surface area contributed by atoms with Crippen LogP contribution in [0.2, 0.25) is 0 Å². The van der Waals surface area contributed by atoms with Crippen molar-refractivity contribution < 1.29 is 4.39 Å². The van der Waals surface area contributed by atoms with Crippen molar-refractivity contribution in [1.29, 1.82) is 0 Å². The normalized spacial score (nSPS) is 11.2. The Morgan fingerprint density at radius 3 is 2.68 bits per heavy atom. The van der Waals surface area contributed by atoms with Gasteiger partial charge in [-0.2, -0.15) is 0 Å². The summed E-state index contributed by atoms with van der Waals surface area (Å²) in [7, 11) is 0. The summed E-state index contributed by atoms with van der Waals surface area (Å²) in [6.07, 6.45) is 3.72. The summed E-state index contributed by atoms with van der Waals surface area (Å²) < 4.78 is 16.4. The maximum absolute atomic E-state index is 13.1. The number of hydrogen-bond donors (Lipinski definition) is 0. The molecule has 0 aliphatic carbocycles. The van der Waals surface area contributed by atoms with E-state index in [0.717, 1.165) is 22.5 Å². The molecule has 3 nitrogen and oxygen atoms in total. The third-order valence-electron chi connectivity index (χ3n) is 2.83. The minimum Gasteiger partial charge on any atom is -0.301 e. The number of benzene rings is 1. The molecule has 6 heteroatoms. The van der Waals surface area contributed by atoms with E-state index in [0.29, 0.717) is 9.21 Å². The Morgan fingerprint density at radius 2 is 1.95 bits per heavy atom. The van der Waals surface area contributed by atoms with Crippen LogP contribution < -0.4 is 0 Å². The molecule has 0 spiro atoms. The predicted molar refractivity (Wildman–Crippen MR) is 78.5 cm³/mol. The first-order valence-corrected chi connectivity index (χ1v) is 7.10. The summed E-state index contributed by atoms with van der Waals surface area (Å²) in [6, 6.07) is 4.68. The van der Waals surface area contributed by atoms with Crippen molar-refractivity contribution in [1.82, 2.24) is 14.4 Å². The van der Waals surface area contributed by atoms with E-state index in [1.165, 1.54) is 12.1 Å². The van der Waals surface area contributed by atoms with Crippen LogP contribution in [0.3, 0.4) is 0 Å². The molecule has 0 amide bonds. The fourth-order valence-electron chi connectivity index (χ4n) is 1.98. The van der Waals surface area contributed by atoms with Crippen molar-refractivity contribution in [3.8, 4) is 11.3 Å². The lowest BCUT2D eigenvalue weighted by molar-refractivity contribution is 0.627. The van der Waals surface area contributed by atoms with Crippen molar-refractivity contribution in [3.05, 3.63) is 51.2 Å². The SMILES string of the molecule is Cc1cc(F)ccc1-c1cn2cc(Br)nc(Br)c2n1. The molecule has 0 unspecified atom stereocenters. The highest BCUT2D eigenvalue weighted by Crippen LogP contribution is 2.26. The second kappa shape index (κ2) is 4.68. The van der Waals surface area contributed by atoms with Crippen LogP contribution in [0.5, 0.6) is 0 Å². The first kappa shape index (κ1) is 12.7. The van der Waals surface area contributed by atoms with E-state index >= 15 is 0 Å².